The van der Waals surface area contributed by atoms with Gasteiger partial charge in [-0.25, -0.2) is 0 Å². The fraction of sp³-hybridized carbons (Fsp3) is 0.538. The lowest BCUT2D eigenvalue weighted by Crippen LogP contribution is -2.41. The normalized spacial score (nSPS) is 17.5. The molecule has 88 valence electrons. The van der Waals surface area contributed by atoms with Crippen molar-refractivity contribution >= 4 is 5.69 Å². The first kappa shape index (κ1) is 11.3. The zero-order valence-corrected chi connectivity index (χ0v) is 10.1. The number of piperidine rings is 1. The second kappa shape index (κ2) is 5.21. The first-order valence-corrected chi connectivity index (χ1v) is 5.90. The SMILES string of the molecule is CNC1CCN(c2ccccc2OC)CC1. The largest absolute Gasteiger partial charge is 0.495 e. The molecule has 0 amide bonds. The van der Waals surface area contributed by atoms with Crippen LogP contribution in [0.5, 0.6) is 5.75 Å². The smallest absolute Gasteiger partial charge is 0.142 e. The van der Waals surface area contributed by atoms with Crippen LogP contribution in [0.25, 0.3) is 0 Å². The zero-order valence-electron chi connectivity index (χ0n) is 10.1. The molecule has 1 aliphatic heterocycles. The maximum Gasteiger partial charge on any atom is 0.142 e. The number of methoxy groups -OCH3 is 1. The second-order valence-corrected chi connectivity index (χ2v) is 4.22. The van der Waals surface area contributed by atoms with Crippen molar-refractivity contribution < 1.29 is 4.74 Å². The van der Waals surface area contributed by atoms with Crippen LogP contribution in [-0.2, 0) is 0 Å². The van der Waals surface area contributed by atoms with Gasteiger partial charge in [-0.2, -0.15) is 0 Å². The molecule has 1 aromatic carbocycles. The highest BCUT2D eigenvalue weighted by Crippen LogP contribution is 2.29. The predicted molar refractivity (Wildman–Crippen MR) is 67.3 cm³/mol. The summed E-state index contributed by atoms with van der Waals surface area (Å²) in [5.74, 6) is 0.977. The summed E-state index contributed by atoms with van der Waals surface area (Å²) in [7, 11) is 3.78. The second-order valence-electron chi connectivity index (χ2n) is 4.22. The average molecular weight is 220 g/mol. The van der Waals surface area contributed by atoms with E-state index in [2.05, 4.69) is 22.3 Å². The number of hydrogen-bond donors (Lipinski definition) is 1. The molecular weight excluding hydrogens is 200 g/mol. The molecule has 0 bridgehead atoms. The molecular formula is C13H20N2O. The Morgan fingerprint density at radius 2 is 1.94 bits per heavy atom. The summed E-state index contributed by atoms with van der Waals surface area (Å²) in [4.78, 5) is 2.41. The molecule has 1 aliphatic rings. The van der Waals surface area contributed by atoms with Crippen LogP contribution in [0.1, 0.15) is 12.8 Å². The molecule has 0 radical (unpaired) electrons. The van der Waals surface area contributed by atoms with Gasteiger partial charge in [-0.3, -0.25) is 0 Å². The third-order valence-corrected chi connectivity index (χ3v) is 3.33. The molecule has 1 N–H and O–H groups in total. The third-order valence-electron chi connectivity index (χ3n) is 3.33. The predicted octanol–water partition coefficient (Wildman–Crippen LogP) is 1.88. The minimum absolute atomic E-state index is 0.672. The summed E-state index contributed by atoms with van der Waals surface area (Å²) in [6, 6.07) is 8.92. The van der Waals surface area contributed by atoms with E-state index in [4.69, 9.17) is 4.74 Å². The molecule has 1 aromatic rings. The monoisotopic (exact) mass is 220 g/mol. The van der Waals surface area contributed by atoms with Gasteiger partial charge in [-0.15, -0.1) is 0 Å². The molecule has 3 nitrogen and oxygen atoms in total. The molecule has 16 heavy (non-hydrogen) atoms. The average Bonchev–Trinajstić information content (AvgIpc) is 2.39. The van der Waals surface area contributed by atoms with E-state index in [0.717, 1.165) is 18.8 Å². The lowest BCUT2D eigenvalue weighted by Gasteiger charge is -2.34. The van der Waals surface area contributed by atoms with E-state index >= 15 is 0 Å². The van der Waals surface area contributed by atoms with Crippen molar-refractivity contribution in [3.8, 4) is 5.75 Å². The zero-order chi connectivity index (χ0) is 11.4. The quantitative estimate of drug-likeness (QED) is 0.842. The third kappa shape index (κ3) is 2.30. The number of benzene rings is 1. The molecule has 0 aliphatic carbocycles. The Morgan fingerprint density at radius 3 is 2.56 bits per heavy atom. The van der Waals surface area contributed by atoms with Crippen LogP contribution >= 0.6 is 0 Å². The molecule has 0 atom stereocenters. The van der Waals surface area contributed by atoms with E-state index in [-0.39, 0.29) is 0 Å². The summed E-state index contributed by atoms with van der Waals surface area (Å²) in [5.41, 5.74) is 1.22. The van der Waals surface area contributed by atoms with Gasteiger partial charge in [-0.1, -0.05) is 12.1 Å². The summed E-state index contributed by atoms with van der Waals surface area (Å²) in [6.07, 6.45) is 2.41. The minimum atomic E-state index is 0.672. The molecule has 0 saturated carbocycles. The Hall–Kier alpha value is -1.22. The van der Waals surface area contributed by atoms with E-state index in [1.54, 1.807) is 7.11 Å². The summed E-state index contributed by atoms with van der Waals surface area (Å²) >= 11 is 0. The van der Waals surface area contributed by atoms with Crippen LogP contribution in [0, 0.1) is 0 Å². The van der Waals surface area contributed by atoms with Crippen LogP contribution in [0.3, 0.4) is 0 Å². The molecule has 2 rings (SSSR count). The van der Waals surface area contributed by atoms with Crippen molar-refractivity contribution in [3.05, 3.63) is 24.3 Å². The summed E-state index contributed by atoms with van der Waals surface area (Å²) in [6.45, 7) is 2.21. The van der Waals surface area contributed by atoms with Gasteiger partial charge in [0.15, 0.2) is 0 Å². The maximum atomic E-state index is 5.39. The molecule has 0 unspecified atom stereocenters. The molecule has 0 spiro atoms. The van der Waals surface area contributed by atoms with Crippen molar-refractivity contribution in [2.45, 2.75) is 18.9 Å². The van der Waals surface area contributed by atoms with Crippen LogP contribution in [0.4, 0.5) is 5.69 Å². The summed E-state index contributed by atoms with van der Waals surface area (Å²) in [5, 5.41) is 3.35. The standard InChI is InChI=1S/C13H20N2O/c1-14-11-7-9-15(10-8-11)12-5-3-4-6-13(12)16-2/h3-6,11,14H,7-10H2,1-2H3. The van der Waals surface area contributed by atoms with E-state index in [1.807, 2.05) is 19.2 Å². The Balaban J connectivity index is 2.07. The Bertz CT molecular complexity index is 332. The van der Waals surface area contributed by atoms with Crippen molar-refractivity contribution in [1.82, 2.24) is 5.32 Å². The molecule has 3 heteroatoms. The lowest BCUT2D eigenvalue weighted by molar-refractivity contribution is 0.406. The van der Waals surface area contributed by atoms with Gasteiger partial charge >= 0.3 is 0 Å². The van der Waals surface area contributed by atoms with E-state index in [0.29, 0.717) is 6.04 Å². The van der Waals surface area contributed by atoms with Gasteiger partial charge in [0.2, 0.25) is 0 Å². The van der Waals surface area contributed by atoms with Crippen LogP contribution in [-0.4, -0.2) is 33.3 Å². The molecule has 1 fully saturated rings. The van der Waals surface area contributed by atoms with Crippen LogP contribution in [0.2, 0.25) is 0 Å². The van der Waals surface area contributed by atoms with Crippen LogP contribution < -0.4 is 15.0 Å². The van der Waals surface area contributed by atoms with E-state index in [9.17, 15) is 0 Å². The highest BCUT2D eigenvalue weighted by Gasteiger charge is 2.19. The first-order chi connectivity index (χ1) is 7.85. The fourth-order valence-electron chi connectivity index (χ4n) is 2.30. The Morgan fingerprint density at radius 1 is 1.25 bits per heavy atom. The topological polar surface area (TPSA) is 24.5 Å². The van der Waals surface area contributed by atoms with E-state index < -0.39 is 0 Å². The van der Waals surface area contributed by atoms with Crippen molar-refractivity contribution in [3.63, 3.8) is 0 Å². The van der Waals surface area contributed by atoms with E-state index in [1.165, 1.54) is 18.5 Å². The van der Waals surface area contributed by atoms with Gasteiger partial charge < -0.3 is 15.0 Å². The van der Waals surface area contributed by atoms with Gasteiger partial charge in [-0.05, 0) is 32.0 Å². The summed E-state index contributed by atoms with van der Waals surface area (Å²) < 4.78 is 5.39. The minimum Gasteiger partial charge on any atom is -0.495 e. The van der Waals surface area contributed by atoms with Crippen molar-refractivity contribution in [2.24, 2.45) is 0 Å². The van der Waals surface area contributed by atoms with Gasteiger partial charge in [0.1, 0.15) is 5.75 Å². The number of rotatable bonds is 3. The fourth-order valence-corrected chi connectivity index (χ4v) is 2.30. The molecule has 1 saturated heterocycles. The first-order valence-electron chi connectivity index (χ1n) is 5.90. The number of nitrogens with one attached hydrogen (secondary N) is 1. The maximum absolute atomic E-state index is 5.39. The van der Waals surface area contributed by atoms with Crippen LogP contribution in [0.15, 0.2) is 24.3 Å². The van der Waals surface area contributed by atoms with Gasteiger partial charge in [0, 0.05) is 19.1 Å². The van der Waals surface area contributed by atoms with Crippen molar-refractivity contribution in [1.29, 1.82) is 0 Å². The number of anilines is 1. The Kier molecular flexibility index (Phi) is 3.67. The lowest BCUT2D eigenvalue weighted by atomic mass is 10.0. The number of hydrogen-bond acceptors (Lipinski definition) is 3. The number of para-hydroxylation sites is 2. The van der Waals surface area contributed by atoms with Gasteiger partial charge in [0.05, 0.1) is 12.8 Å². The number of ether oxygens (including phenoxy) is 1. The van der Waals surface area contributed by atoms with Crippen molar-refractivity contribution in [2.75, 3.05) is 32.1 Å². The molecule has 0 aromatic heterocycles. The highest BCUT2D eigenvalue weighted by molar-refractivity contribution is 5.58. The van der Waals surface area contributed by atoms with Gasteiger partial charge in [0.25, 0.3) is 0 Å². The number of nitrogens with zero attached hydrogens (tertiary/aromatic N) is 1. The molecule has 1 heterocycles. The Labute approximate surface area is 97.4 Å². The highest BCUT2D eigenvalue weighted by atomic mass is 16.5.